The number of nitrogens with two attached hydrogens (primary N) is 1. The van der Waals surface area contributed by atoms with E-state index in [9.17, 15) is 17.6 Å². The maximum Gasteiger partial charge on any atom is 0.256 e. The van der Waals surface area contributed by atoms with Crippen molar-refractivity contribution in [2.75, 3.05) is 13.1 Å². The Morgan fingerprint density at radius 3 is 2.71 bits per heavy atom. The summed E-state index contributed by atoms with van der Waals surface area (Å²) in [5.41, 5.74) is -0.319. The maximum atomic E-state index is 13.9. The Labute approximate surface area is 127 Å². The molecule has 8 heteroatoms. The minimum Gasteiger partial charge on any atom is -0.338 e. The summed E-state index contributed by atoms with van der Waals surface area (Å²) in [4.78, 5) is 13.4. The van der Waals surface area contributed by atoms with Gasteiger partial charge in [0.25, 0.3) is 5.91 Å². The Kier molecular flexibility index (Phi) is 4.55. The smallest absolute Gasteiger partial charge is 0.256 e. The molecule has 1 fully saturated rings. The zero-order valence-corrected chi connectivity index (χ0v) is 13.0. The molecule has 2 rings (SSSR count). The summed E-state index contributed by atoms with van der Waals surface area (Å²) in [6.45, 7) is 3.10. The lowest BCUT2D eigenvalue weighted by Crippen LogP contribution is -2.29. The van der Waals surface area contributed by atoms with Crippen molar-refractivity contribution in [3.63, 3.8) is 0 Å². The second-order valence-corrected chi connectivity index (χ2v) is 7.06. The van der Waals surface area contributed by atoms with Crippen molar-refractivity contribution in [3.05, 3.63) is 28.5 Å². The Balaban J connectivity index is 2.38. The fourth-order valence-electron chi connectivity index (χ4n) is 2.43. The van der Waals surface area contributed by atoms with Crippen LogP contribution < -0.4 is 5.14 Å². The number of carbonyl (C=O) groups is 1. The van der Waals surface area contributed by atoms with Gasteiger partial charge in [0.05, 0.1) is 10.6 Å². The van der Waals surface area contributed by atoms with Crippen molar-refractivity contribution in [1.29, 1.82) is 0 Å². The average Bonchev–Trinajstić information content (AvgIpc) is 2.85. The fourth-order valence-corrected chi connectivity index (χ4v) is 3.52. The maximum absolute atomic E-state index is 13.9. The quantitative estimate of drug-likeness (QED) is 0.918. The van der Waals surface area contributed by atoms with Crippen LogP contribution in [0.4, 0.5) is 4.39 Å². The third-order valence-electron chi connectivity index (χ3n) is 3.71. The molecular weight excluding hydrogens is 319 g/mol. The predicted octanol–water partition coefficient (Wildman–Crippen LogP) is 2.00. The van der Waals surface area contributed by atoms with Gasteiger partial charge in [-0.05, 0) is 24.5 Å². The fraction of sp³-hybridized carbons (Fsp3) is 0.462. The largest absolute Gasteiger partial charge is 0.338 e. The molecule has 1 unspecified atom stereocenters. The molecule has 0 aromatic heterocycles. The number of likely N-dealkylation sites (tertiary alicyclic amines) is 1. The highest BCUT2D eigenvalue weighted by molar-refractivity contribution is 7.89. The summed E-state index contributed by atoms with van der Waals surface area (Å²) in [5.74, 6) is -0.996. The SMILES string of the molecule is CCC1CCN(C(=O)c2cc(S(N)(=O)=O)c(Cl)cc2F)C1. The Bertz CT molecular complexity index is 678. The monoisotopic (exact) mass is 334 g/mol. The highest BCUT2D eigenvalue weighted by Crippen LogP contribution is 2.27. The summed E-state index contributed by atoms with van der Waals surface area (Å²) in [6.07, 6.45) is 1.80. The van der Waals surface area contributed by atoms with E-state index in [1.54, 1.807) is 0 Å². The summed E-state index contributed by atoms with van der Waals surface area (Å²) in [6, 6.07) is 1.72. The van der Waals surface area contributed by atoms with Gasteiger partial charge in [0.2, 0.25) is 10.0 Å². The molecule has 1 aliphatic heterocycles. The average molecular weight is 335 g/mol. The zero-order valence-electron chi connectivity index (χ0n) is 11.5. The standard InChI is InChI=1S/C13H16ClFN2O3S/c1-2-8-3-4-17(7-8)13(18)9-5-12(21(16,19)20)10(14)6-11(9)15/h5-6,8H,2-4,7H2,1H3,(H2,16,19,20). The molecule has 1 atom stereocenters. The van der Waals surface area contributed by atoms with Crippen LogP contribution in [0.25, 0.3) is 0 Å². The zero-order chi connectivity index (χ0) is 15.8. The summed E-state index contributed by atoms with van der Waals surface area (Å²) >= 11 is 5.67. The second kappa shape index (κ2) is 5.90. The lowest BCUT2D eigenvalue weighted by atomic mass is 10.1. The van der Waals surface area contributed by atoms with Crippen LogP contribution in [0.5, 0.6) is 0 Å². The topological polar surface area (TPSA) is 80.5 Å². The molecular formula is C13H16ClFN2O3S. The van der Waals surface area contributed by atoms with E-state index in [0.717, 1.165) is 25.0 Å². The molecule has 0 aliphatic carbocycles. The number of rotatable bonds is 3. The van der Waals surface area contributed by atoms with Crippen LogP contribution in [0, 0.1) is 11.7 Å². The van der Waals surface area contributed by atoms with E-state index < -0.39 is 26.6 Å². The second-order valence-electron chi connectivity index (χ2n) is 5.12. The molecule has 0 saturated carbocycles. The van der Waals surface area contributed by atoms with Gasteiger partial charge in [-0.3, -0.25) is 4.79 Å². The van der Waals surface area contributed by atoms with Gasteiger partial charge >= 0.3 is 0 Å². The van der Waals surface area contributed by atoms with Gasteiger partial charge in [-0.2, -0.15) is 0 Å². The molecule has 1 heterocycles. The third-order valence-corrected chi connectivity index (χ3v) is 5.08. The third kappa shape index (κ3) is 3.36. The van der Waals surface area contributed by atoms with E-state index in [-0.39, 0.29) is 10.6 Å². The molecule has 1 aromatic carbocycles. The molecule has 0 bridgehead atoms. The van der Waals surface area contributed by atoms with Gasteiger partial charge in [-0.25, -0.2) is 17.9 Å². The van der Waals surface area contributed by atoms with Crippen molar-refractivity contribution >= 4 is 27.5 Å². The van der Waals surface area contributed by atoms with Crippen LogP contribution in [-0.4, -0.2) is 32.3 Å². The molecule has 0 spiro atoms. The van der Waals surface area contributed by atoms with Gasteiger partial charge in [0.15, 0.2) is 0 Å². The van der Waals surface area contributed by atoms with Crippen LogP contribution in [0.2, 0.25) is 5.02 Å². The first kappa shape index (κ1) is 16.2. The first-order valence-electron chi connectivity index (χ1n) is 6.55. The molecule has 1 saturated heterocycles. The number of benzene rings is 1. The van der Waals surface area contributed by atoms with Crippen LogP contribution in [-0.2, 0) is 10.0 Å². The molecule has 0 radical (unpaired) electrons. The van der Waals surface area contributed by atoms with E-state index >= 15 is 0 Å². The number of sulfonamides is 1. The highest BCUT2D eigenvalue weighted by atomic mass is 35.5. The van der Waals surface area contributed by atoms with Gasteiger partial charge < -0.3 is 4.90 Å². The van der Waals surface area contributed by atoms with E-state index in [2.05, 4.69) is 0 Å². The predicted molar refractivity (Wildman–Crippen MR) is 77.1 cm³/mol. The number of carbonyl (C=O) groups excluding carboxylic acids is 1. The van der Waals surface area contributed by atoms with Crippen LogP contribution in [0.3, 0.4) is 0 Å². The minimum atomic E-state index is -4.11. The Morgan fingerprint density at radius 1 is 1.52 bits per heavy atom. The van der Waals surface area contributed by atoms with Gasteiger partial charge in [-0.1, -0.05) is 24.9 Å². The first-order valence-corrected chi connectivity index (χ1v) is 8.47. The van der Waals surface area contributed by atoms with E-state index in [1.165, 1.54) is 4.90 Å². The van der Waals surface area contributed by atoms with Crippen molar-refractivity contribution in [1.82, 2.24) is 4.90 Å². The van der Waals surface area contributed by atoms with Gasteiger partial charge in [0.1, 0.15) is 10.7 Å². The van der Waals surface area contributed by atoms with E-state index in [1.807, 2.05) is 6.92 Å². The number of hydrogen-bond acceptors (Lipinski definition) is 3. The number of halogens is 2. The van der Waals surface area contributed by atoms with Gasteiger partial charge in [-0.15, -0.1) is 0 Å². The van der Waals surface area contributed by atoms with Crippen molar-refractivity contribution < 1.29 is 17.6 Å². The van der Waals surface area contributed by atoms with Crippen molar-refractivity contribution in [2.24, 2.45) is 11.1 Å². The first-order chi connectivity index (χ1) is 9.74. The van der Waals surface area contributed by atoms with E-state index in [0.29, 0.717) is 19.0 Å². The molecule has 1 amide bonds. The number of amides is 1. The summed E-state index contributed by atoms with van der Waals surface area (Å²) in [7, 11) is -4.11. The summed E-state index contributed by atoms with van der Waals surface area (Å²) < 4.78 is 36.7. The van der Waals surface area contributed by atoms with Gasteiger partial charge in [0, 0.05) is 13.1 Å². The molecule has 1 aliphatic rings. The normalized spacial score (nSPS) is 19.0. The molecule has 116 valence electrons. The van der Waals surface area contributed by atoms with Crippen molar-refractivity contribution in [3.8, 4) is 0 Å². The van der Waals surface area contributed by atoms with Crippen LogP contribution >= 0.6 is 11.6 Å². The molecule has 1 aromatic rings. The lowest BCUT2D eigenvalue weighted by molar-refractivity contribution is 0.0782. The molecule has 21 heavy (non-hydrogen) atoms. The summed E-state index contributed by atoms with van der Waals surface area (Å²) in [5, 5.41) is 4.68. The Hall–Kier alpha value is -1.18. The van der Waals surface area contributed by atoms with Crippen molar-refractivity contribution in [2.45, 2.75) is 24.7 Å². The minimum absolute atomic E-state index is 0.319. The van der Waals surface area contributed by atoms with Crippen LogP contribution in [0.15, 0.2) is 17.0 Å². The number of nitrogens with zero attached hydrogens (tertiary/aromatic N) is 1. The highest BCUT2D eigenvalue weighted by Gasteiger charge is 2.29. The molecule has 5 nitrogen and oxygen atoms in total. The van der Waals surface area contributed by atoms with Crippen LogP contribution in [0.1, 0.15) is 30.1 Å². The lowest BCUT2D eigenvalue weighted by Gasteiger charge is -2.17. The number of primary sulfonamides is 1. The van der Waals surface area contributed by atoms with E-state index in [4.69, 9.17) is 16.7 Å². The number of hydrogen-bond donors (Lipinski definition) is 1. The Morgan fingerprint density at radius 2 is 2.19 bits per heavy atom. The molecule has 2 N–H and O–H groups in total.